The first-order valence-corrected chi connectivity index (χ1v) is 20.5. The van der Waals surface area contributed by atoms with Gasteiger partial charge in [-0.1, -0.05) is 68.4 Å². The molecule has 18 nitrogen and oxygen atoms in total. The molecule has 1 unspecified atom stereocenters. The second-order valence-corrected chi connectivity index (χ2v) is 15.0. The van der Waals surface area contributed by atoms with Crippen molar-refractivity contribution in [2.24, 2.45) is 0 Å². The average Bonchev–Trinajstić information content (AvgIpc) is 3.02. The molecule has 0 aliphatic heterocycles. The molecule has 50 heavy (non-hydrogen) atoms. The van der Waals surface area contributed by atoms with Gasteiger partial charge in [0.25, 0.3) is 0 Å². The van der Waals surface area contributed by atoms with Crippen LogP contribution in [0.15, 0.2) is 48.6 Å². The van der Waals surface area contributed by atoms with Gasteiger partial charge in [0.15, 0.2) is 0 Å². The quantitative estimate of drug-likeness (QED) is 0.0278. The van der Waals surface area contributed by atoms with Crippen LogP contribution in [0.2, 0.25) is 0 Å². The minimum Gasteiger partial charge on any atom is -0.457 e. The van der Waals surface area contributed by atoms with Crippen LogP contribution >= 0.6 is 23.5 Å². The molecule has 1 aliphatic rings. The maximum atomic E-state index is 12.6. The number of unbranched alkanes of at least 4 members (excludes halogenated alkanes) is 4. The first-order valence-electron chi connectivity index (χ1n) is 16.0. The van der Waals surface area contributed by atoms with Crippen molar-refractivity contribution in [1.29, 1.82) is 0 Å². The molecule has 0 radical (unpaired) electrons. The van der Waals surface area contributed by atoms with Crippen molar-refractivity contribution in [2.75, 3.05) is 13.2 Å². The molecule has 8 atom stereocenters. The van der Waals surface area contributed by atoms with E-state index in [4.69, 9.17) is 24.3 Å². The summed E-state index contributed by atoms with van der Waals surface area (Å²) in [5, 5.41) is 40.6. The average molecular weight is 781 g/mol. The fourth-order valence-electron chi connectivity index (χ4n) is 4.51. The van der Waals surface area contributed by atoms with Gasteiger partial charge in [0.1, 0.15) is 42.7 Å². The third-order valence-electron chi connectivity index (χ3n) is 6.93. The number of aliphatic hydroxyl groups excluding tert-OH is 4. The second kappa shape index (κ2) is 24.0. The van der Waals surface area contributed by atoms with Crippen molar-refractivity contribution >= 4 is 29.4 Å². The lowest BCUT2D eigenvalue weighted by Gasteiger charge is -2.44. The molecule has 1 aliphatic carbocycles. The molecule has 0 amide bonds. The molecule has 0 bridgehead atoms. The zero-order chi connectivity index (χ0) is 37.8. The molecule has 1 rings (SSSR count). The molecule has 0 aromatic heterocycles. The highest BCUT2D eigenvalue weighted by Gasteiger charge is 2.56. The van der Waals surface area contributed by atoms with Crippen molar-refractivity contribution in [3.63, 3.8) is 0 Å². The predicted octanol–water partition coefficient (Wildman–Crippen LogP) is 2.59. The van der Waals surface area contributed by atoms with Crippen molar-refractivity contribution in [1.82, 2.24) is 0 Å². The highest BCUT2D eigenvalue weighted by Crippen LogP contribution is 2.51. The molecule has 1 saturated carbocycles. The van der Waals surface area contributed by atoms with E-state index in [2.05, 4.69) is 55.4 Å². The maximum Gasteiger partial charge on any atom is 0.472 e. The number of aliphatic hydroxyl groups is 4. The number of carbonyl (C=O) groups excluding carboxylic acids is 1. The molecule has 0 saturated heterocycles. The first kappa shape index (κ1) is 46.6. The van der Waals surface area contributed by atoms with Gasteiger partial charge in [0.05, 0.1) is 13.2 Å². The minimum atomic E-state index is -5.56. The zero-order valence-electron chi connectivity index (χ0n) is 27.7. The second-order valence-electron chi connectivity index (χ2n) is 11.2. The van der Waals surface area contributed by atoms with Crippen LogP contribution in [0.1, 0.15) is 71.1 Å². The Morgan fingerprint density at radius 3 is 1.60 bits per heavy atom. The molecular weight excluding hydrogens is 729 g/mol. The van der Waals surface area contributed by atoms with Gasteiger partial charge >= 0.3 is 29.4 Å². The number of rotatable bonds is 25. The van der Waals surface area contributed by atoms with Crippen molar-refractivity contribution < 1.29 is 86.2 Å². The van der Waals surface area contributed by atoms with E-state index >= 15 is 0 Å². The summed E-state index contributed by atoms with van der Waals surface area (Å²) >= 11 is 0. The predicted molar refractivity (Wildman–Crippen MR) is 178 cm³/mol. The van der Waals surface area contributed by atoms with Crippen LogP contribution in [-0.2, 0) is 41.3 Å². The van der Waals surface area contributed by atoms with E-state index in [-0.39, 0.29) is 6.42 Å². The summed E-state index contributed by atoms with van der Waals surface area (Å²) in [5.74, 6) is -0.757. The van der Waals surface area contributed by atoms with E-state index in [0.717, 1.165) is 25.7 Å². The van der Waals surface area contributed by atoms with E-state index < -0.39 is 85.4 Å². The standard InChI is InChI=1S/C29H51O18P3/c1-2-3-4-5-6-7-8-9-10-11-12-13-14-15-16-17-18-19-23(31)44-22(20-30)21-43-50(41,42)47-27-24(32)25(33)28(45-48(35,36)37)29(26(27)34)46-49(38,39)40/h6-7,9-10,12-13,15-16,22,24-30,32-34H,2-5,8,11,14,17-21H2,1H3,(H,41,42)(H2,35,36,37)(H2,38,39,40)/t22-,24-,25+,26+,27-,28-,29-/m0/s1. The van der Waals surface area contributed by atoms with E-state index in [0.29, 0.717) is 12.8 Å². The van der Waals surface area contributed by atoms with Gasteiger partial charge < -0.3 is 49.6 Å². The summed E-state index contributed by atoms with van der Waals surface area (Å²) in [4.78, 5) is 58.7. The SMILES string of the molecule is CCCCCC=CCC=CCC=CCC=CCCCC(=O)O[C@@H](CO)COP(=O)(O)O[C@@H]1[C@@H](O)[C@H](OP(=O)(O)O)[C@@H](OP(=O)(O)O)[C@H](O)[C@@H]1O. The molecular formula is C29H51O18P3. The summed E-state index contributed by atoms with van der Waals surface area (Å²) < 4.78 is 58.0. The molecule has 21 heteroatoms. The molecule has 290 valence electrons. The minimum absolute atomic E-state index is 0.0566. The summed E-state index contributed by atoms with van der Waals surface area (Å²) in [6.07, 6.45) is 8.41. The third-order valence-corrected chi connectivity index (χ3v) is 8.95. The Balaban J connectivity index is 2.50. The van der Waals surface area contributed by atoms with Gasteiger partial charge in [0.2, 0.25) is 0 Å². The fraction of sp³-hybridized carbons (Fsp3) is 0.690. The van der Waals surface area contributed by atoms with E-state index in [1.165, 1.54) is 19.3 Å². The summed E-state index contributed by atoms with van der Waals surface area (Å²) in [6.45, 7) is 0.402. The molecule has 0 spiro atoms. The molecule has 9 N–H and O–H groups in total. The normalized spacial score (nSPS) is 25.6. The fourth-order valence-corrected chi connectivity index (χ4v) is 6.60. The van der Waals surface area contributed by atoms with E-state index in [1.807, 2.05) is 18.2 Å². The lowest BCUT2D eigenvalue weighted by molar-refractivity contribution is -0.213. The van der Waals surface area contributed by atoms with Gasteiger partial charge in [-0.2, -0.15) is 0 Å². The van der Waals surface area contributed by atoms with Gasteiger partial charge in [0, 0.05) is 6.42 Å². The highest BCUT2D eigenvalue weighted by atomic mass is 31.2. The Bertz CT molecular complexity index is 1240. The smallest absolute Gasteiger partial charge is 0.457 e. The van der Waals surface area contributed by atoms with Crippen LogP contribution < -0.4 is 0 Å². The number of phosphoric ester groups is 3. The monoisotopic (exact) mass is 780 g/mol. The number of phosphoric acid groups is 3. The van der Waals surface area contributed by atoms with Crippen LogP contribution in [0.3, 0.4) is 0 Å². The molecule has 0 aromatic carbocycles. The third kappa shape index (κ3) is 20.6. The number of carbonyl (C=O) groups is 1. The number of hydrogen-bond donors (Lipinski definition) is 9. The number of ether oxygens (including phenoxy) is 1. The number of allylic oxidation sites excluding steroid dienone is 8. The Morgan fingerprint density at radius 2 is 1.12 bits per heavy atom. The highest BCUT2D eigenvalue weighted by molar-refractivity contribution is 7.47. The van der Waals surface area contributed by atoms with Crippen LogP contribution in [0.5, 0.6) is 0 Å². The van der Waals surface area contributed by atoms with Gasteiger partial charge in [-0.3, -0.25) is 22.9 Å². The molecule has 0 heterocycles. The summed E-state index contributed by atoms with van der Waals surface area (Å²) in [6, 6.07) is 0. The zero-order valence-corrected chi connectivity index (χ0v) is 30.4. The molecule has 0 aromatic rings. The maximum absolute atomic E-state index is 12.6. The van der Waals surface area contributed by atoms with Crippen molar-refractivity contribution in [3.8, 4) is 0 Å². The van der Waals surface area contributed by atoms with Crippen LogP contribution in [0.25, 0.3) is 0 Å². The van der Waals surface area contributed by atoms with Crippen LogP contribution in [-0.4, -0.2) is 107 Å². The molecule has 1 fully saturated rings. The van der Waals surface area contributed by atoms with Crippen molar-refractivity contribution in [3.05, 3.63) is 48.6 Å². The summed E-state index contributed by atoms with van der Waals surface area (Å²) in [7, 11) is -16.4. The van der Waals surface area contributed by atoms with Crippen molar-refractivity contribution in [2.45, 2.75) is 114 Å². The Hall–Kier alpha value is -1.40. The van der Waals surface area contributed by atoms with Gasteiger partial charge in [-0.05, 0) is 44.9 Å². The van der Waals surface area contributed by atoms with Crippen LogP contribution in [0, 0.1) is 0 Å². The Labute approximate surface area is 291 Å². The van der Waals surface area contributed by atoms with Gasteiger partial charge in [-0.25, -0.2) is 13.7 Å². The van der Waals surface area contributed by atoms with Crippen LogP contribution in [0.4, 0.5) is 0 Å². The number of esters is 1. The summed E-state index contributed by atoms with van der Waals surface area (Å²) in [5.41, 5.74) is 0. The van der Waals surface area contributed by atoms with Gasteiger partial charge in [-0.15, -0.1) is 0 Å². The topological polar surface area (TPSA) is 296 Å². The largest absolute Gasteiger partial charge is 0.472 e. The Morgan fingerprint density at radius 1 is 0.660 bits per heavy atom. The Kier molecular flexibility index (Phi) is 22.4. The number of hydrogen-bond acceptors (Lipinski definition) is 13. The lowest BCUT2D eigenvalue weighted by atomic mass is 9.85. The van der Waals surface area contributed by atoms with E-state index in [9.17, 15) is 43.8 Å². The lowest BCUT2D eigenvalue weighted by Crippen LogP contribution is -2.65. The first-order chi connectivity index (χ1) is 23.4. The van der Waals surface area contributed by atoms with E-state index in [1.54, 1.807) is 0 Å².